The van der Waals surface area contributed by atoms with Crippen LogP contribution >= 0.6 is 35.8 Å². The smallest absolute Gasteiger partial charge is 0.229 e. The third-order valence-corrected chi connectivity index (χ3v) is 7.76. The summed E-state index contributed by atoms with van der Waals surface area (Å²) >= 11 is 17.3. The van der Waals surface area contributed by atoms with Gasteiger partial charge in [0.1, 0.15) is 0 Å². The van der Waals surface area contributed by atoms with Crippen molar-refractivity contribution in [1.29, 1.82) is 0 Å². The van der Waals surface area contributed by atoms with Crippen molar-refractivity contribution < 1.29 is 4.79 Å². The zero-order chi connectivity index (χ0) is 22.2. The van der Waals surface area contributed by atoms with Crippen LogP contribution in [0.1, 0.15) is 55.7 Å². The number of allylic oxidation sites excluding steroid dienone is 1. The largest absolute Gasteiger partial charge is 0.330 e. The molecule has 1 aliphatic carbocycles. The van der Waals surface area contributed by atoms with E-state index in [1.807, 2.05) is 36.4 Å². The molecule has 0 N–H and O–H groups in total. The van der Waals surface area contributed by atoms with Crippen molar-refractivity contribution in [2.75, 3.05) is 5.75 Å². The number of carbonyl (C=O) groups is 1. The first kappa shape index (κ1) is 22.8. The Morgan fingerprint density at radius 1 is 1.16 bits per heavy atom. The van der Waals surface area contributed by atoms with Crippen LogP contribution in [0.25, 0.3) is 0 Å². The van der Waals surface area contributed by atoms with Gasteiger partial charge in [-0.1, -0.05) is 60.5 Å². The van der Waals surface area contributed by atoms with Crippen LogP contribution in [-0.2, 0) is 4.79 Å². The number of nitrogens with zero attached hydrogens (tertiary/aromatic N) is 1. The maximum Gasteiger partial charge on any atom is 0.229 e. The summed E-state index contributed by atoms with van der Waals surface area (Å²) < 4.78 is 0. The van der Waals surface area contributed by atoms with E-state index in [1.165, 1.54) is 0 Å². The molecule has 4 rings (SSSR count). The van der Waals surface area contributed by atoms with Gasteiger partial charge in [0, 0.05) is 27.8 Å². The van der Waals surface area contributed by atoms with Crippen molar-refractivity contribution in [2.45, 2.75) is 50.6 Å². The Labute approximate surface area is 201 Å². The highest BCUT2D eigenvalue weighted by atomic mass is 35.5. The van der Waals surface area contributed by atoms with E-state index in [4.69, 9.17) is 35.8 Å². The van der Waals surface area contributed by atoms with Crippen LogP contribution < -0.4 is 0 Å². The minimum atomic E-state index is -0.506. The predicted molar refractivity (Wildman–Crippen MR) is 133 cm³/mol. The normalized spacial score (nSPS) is 27.2. The molecule has 1 saturated carbocycles. The Balaban J connectivity index is 1.89. The molecular formula is C26H29Cl2NOS. The number of hydrogen-bond donors (Lipinski definition) is 1. The van der Waals surface area contributed by atoms with Crippen LogP contribution in [0.2, 0.25) is 10.0 Å². The van der Waals surface area contributed by atoms with Gasteiger partial charge >= 0.3 is 0 Å². The molecule has 0 aromatic heterocycles. The first-order valence-corrected chi connectivity index (χ1v) is 12.3. The standard InChI is InChI=1S/C26H29Cl2NOS/c1-3-13-26(2)15-22(19-5-4-6-21(28)14-19)24(18-9-11-20(27)12-10-18)29(25(26)30)23(16-31)17-7-8-17/h3-6,9-12,14,17,22-24,31H,1,7-8,13,15-16H2,2H3/t22-,23?,24-,26+/m1/s1. The number of carbonyl (C=O) groups excluding carboxylic acids is 1. The molecule has 1 saturated heterocycles. The van der Waals surface area contributed by atoms with Crippen molar-refractivity contribution in [3.05, 3.63) is 82.4 Å². The van der Waals surface area contributed by atoms with E-state index in [1.54, 1.807) is 0 Å². The number of likely N-dealkylation sites (tertiary alicyclic amines) is 1. The van der Waals surface area contributed by atoms with Gasteiger partial charge in [-0.05, 0) is 67.0 Å². The zero-order valence-corrected chi connectivity index (χ0v) is 20.2. The molecule has 0 spiro atoms. The Bertz CT molecular complexity index is 958. The lowest BCUT2D eigenvalue weighted by atomic mass is 9.67. The molecule has 2 aromatic carbocycles. The lowest BCUT2D eigenvalue weighted by Gasteiger charge is -2.52. The van der Waals surface area contributed by atoms with Gasteiger partial charge < -0.3 is 4.90 Å². The molecule has 1 amide bonds. The van der Waals surface area contributed by atoms with Gasteiger partial charge in [-0.15, -0.1) is 6.58 Å². The number of thiol groups is 1. The molecule has 0 bridgehead atoms. The molecule has 2 aliphatic rings. The topological polar surface area (TPSA) is 20.3 Å². The van der Waals surface area contributed by atoms with Crippen molar-refractivity contribution in [2.24, 2.45) is 11.3 Å². The molecule has 0 radical (unpaired) electrons. The summed E-state index contributed by atoms with van der Waals surface area (Å²) in [5, 5.41) is 1.41. The van der Waals surface area contributed by atoms with E-state index in [-0.39, 0.29) is 23.9 Å². The number of rotatable bonds is 7. The van der Waals surface area contributed by atoms with Crippen LogP contribution in [0.4, 0.5) is 0 Å². The van der Waals surface area contributed by atoms with Crippen molar-refractivity contribution in [3.63, 3.8) is 0 Å². The highest BCUT2D eigenvalue weighted by Gasteiger charge is 2.53. The lowest BCUT2D eigenvalue weighted by molar-refractivity contribution is -0.154. The monoisotopic (exact) mass is 473 g/mol. The number of hydrogen-bond acceptors (Lipinski definition) is 2. The molecule has 1 aliphatic heterocycles. The van der Waals surface area contributed by atoms with Gasteiger partial charge in [-0.2, -0.15) is 12.6 Å². The molecule has 4 atom stereocenters. The van der Waals surface area contributed by atoms with Crippen LogP contribution in [-0.4, -0.2) is 22.6 Å². The highest BCUT2D eigenvalue weighted by Crippen LogP contribution is 2.54. The van der Waals surface area contributed by atoms with Gasteiger partial charge in [-0.25, -0.2) is 0 Å². The fourth-order valence-corrected chi connectivity index (χ4v) is 6.00. The first-order chi connectivity index (χ1) is 14.9. The summed E-state index contributed by atoms with van der Waals surface area (Å²) in [5.41, 5.74) is 1.76. The van der Waals surface area contributed by atoms with Gasteiger partial charge in [0.05, 0.1) is 11.5 Å². The van der Waals surface area contributed by atoms with Gasteiger partial charge in [0.2, 0.25) is 5.91 Å². The summed E-state index contributed by atoms with van der Waals surface area (Å²) in [4.78, 5) is 16.2. The second-order valence-electron chi connectivity index (χ2n) is 9.22. The molecular weight excluding hydrogens is 445 g/mol. The van der Waals surface area contributed by atoms with Crippen LogP contribution in [0, 0.1) is 11.3 Å². The average molecular weight is 474 g/mol. The molecule has 164 valence electrons. The maximum absolute atomic E-state index is 14.1. The minimum absolute atomic E-state index is 0.0844. The quantitative estimate of drug-likeness (QED) is 0.329. The second kappa shape index (κ2) is 9.21. The Kier molecular flexibility index (Phi) is 6.76. The van der Waals surface area contributed by atoms with Gasteiger partial charge in [0.15, 0.2) is 0 Å². The molecule has 31 heavy (non-hydrogen) atoms. The number of piperidine rings is 1. The van der Waals surface area contributed by atoms with Crippen molar-refractivity contribution in [3.8, 4) is 0 Å². The SMILES string of the molecule is C=CC[C@@]1(C)C[C@H](c2cccc(Cl)c2)[C@@H](c2ccc(Cl)cc2)N(C(CS)C2CC2)C1=O. The zero-order valence-electron chi connectivity index (χ0n) is 17.8. The molecule has 1 unspecified atom stereocenters. The number of halogens is 2. The Morgan fingerprint density at radius 3 is 2.45 bits per heavy atom. The van der Waals surface area contributed by atoms with Crippen molar-refractivity contribution in [1.82, 2.24) is 4.90 Å². The van der Waals surface area contributed by atoms with E-state index in [2.05, 4.69) is 36.6 Å². The first-order valence-electron chi connectivity index (χ1n) is 10.9. The van der Waals surface area contributed by atoms with Gasteiger partial charge in [0.25, 0.3) is 0 Å². The summed E-state index contributed by atoms with van der Waals surface area (Å²) in [6.45, 7) is 6.03. The predicted octanol–water partition coefficient (Wildman–Crippen LogP) is 7.34. The minimum Gasteiger partial charge on any atom is -0.330 e. The Hall–Kier alpha value is -1.42. The van der Waals surface area contributed by atoms with Crippen LogP contribution in [0.5, 0.6) is 0 Å². The van der Waals surface area contributed by atoms with E-state index in [0.717, 1.165) is 30.4 Å². The van der Waals surface area contributed by atoms with Gasteiger partial charge in [-0.3, -0.25) is 4.79 Å². The van der Waals surface area contributed by atoms with E-state index in [9.17, 15) is 4.79 Å². The summed E-state index contributed by atoms with van der Waals surface area (Å²) in [6, 6.07) is 16.1. The molecule has 2 aromatic rings. The van der Waals surface area contributed by atoms with E-state index >= 15 is 0 Å². The van der Waals surface area contributed by atoms with Crippen molar-refractivity contribution >= 4 is 41.7 Å². The van der Waals surface area contributed by atoms with Crippen LogP contribution in [0.15, 0.2) is 61.2 Å². The van der Waals surface area contributed by atoms with E-state index < -0.39 is 5.41 Å². The summed E-state index contributed by atoms with van der Waals surface area (Å²) in [7, 11) is 0. The number of amides is 1. The maximum atomic E-state index is 14.1. The lowest BCUT2D eigenvalue weighted by Crippen LogP contribution is -2.56. The summed E-state index contributed by atoms with van der Waals surface area (Å²) in [5.74, 6) is 1.50. The molecule has 2 fully saturated rings. The van der Waals surface area contributed by atoms with E-state index in [0.29, 0.717) is 28.1 Å². The fraction of sp³-hybridized carbons (Fsp3) is 0.423. The molecule has 2 nitrogen and oxygen atoms in total. The number of benzene rings is 2. The fourth-order valence-electron chi connectivity index (χ4n) is 5.20. The molecule has 1 heterocycles. The summed E-state index contributed by atoms with van der Waals surface area (Å²) in [6.07, 6.45) is 5.58. The Morgan fingerprint density at radius 2 is 1.87 bits per heavy atom. The highest BCUT2D eigenvalue weighted by molar-refractivity contribution is 7.80. The third kappa shape index (κ3) is 4.55. The molecule has 5 heteroatoms. The average Bonchev–Trinajstić information content (AvgIpc) is 3.58. The second-order valence-corrected chi connectivity index (χ2v) is 10.5. The third-order valence-electron chi connectivity index (χ3n) is 6.90. The van der Waals surface area contributed by atoms with Crippen LogP contribution in [0.3, 0.4) is 0 Å².